The van der Waals surface area contributed by atoms with Crippen molar-refractivity contribution in [3.63, 3.8) is 0 Å². The average Bonchev–Trinajstić information content (AvgIpc) is 2.40. The summed E-state index contributed by atoms with van der Waals surface area (Å²) in [4.78, 5) is 11.1. The number of aromatic carboxylic acids is 1. The number of carboxylic acid groups (broad SMARTS) is 1. The smallest absolute Gasteiger partial charge is 0.336 e. The third-order valence-electron chi connectivity index (χ3n) is 2.72. The van der Waals surface area contributed by atoms with Crippen LogP contribution in [0.5, 0.6) is 17.2 Å². The Labute approximate surface area is 114 Å². The highest BCUT2D eigenvalue weighted by molar-refractivity contribution is 5.94. The van der Waals surface area contributed by atoms with Gasteiger partial charge in [-0.25, -0.2) is 4.79 Å². The van der Waals surface area contributed by atoms with Gasteiger partial charge in [-0.2, -0.15) is 0 Å². The lowest BCUT2D eigenvalue weighted by Crippen LogP contribution is -1.98. The first-order valence-electron chi connectivity index (χ1n) is 5.74. The molecule has 0 unspecified atom stereocenters. The molecule has 5 heteroatoms. The average molecular weight is 272 g/mol. The number of phenols is 3. The molecule has 20 heavy (non-hydrogen) atoms. The van der Waals surface area contributed by atoms with Gasteiger partial charge in [-0.3, -0.25) is 0 Å². The van der Waals surface area contributed by atoms with Gasteiger partial charge in [0.25, 0.3) is 0 Å². The van der Waals surface area contributed by atoms with Crippen molar-refractivity contribution in [2.24, 2.45) is 0 Å². The van der Waals surface area contributed by atoms with Gasteiger partial charge in [-0.1, -0.05) is 18.2 Å². The molecule has 2 rings (SSSR count). The van der Waals surface area contributed by atoms with Crippen LogP contribution in [0, 0.1) is 0 Å². The summed E-state index contributed by atoms with van der Waals surface area (Å²) in [5.41, 5.74) is 0.674. The van der Waals surface area contributed by atoms with Crippen molar-refractivity contribution in [3.05, 3.63) is 53.1 Å². The molecule has 0 amide bonds. The molecule has 5 nitrogen and oxygen atoms in total. The van der Waals surface area contributed by atoms with Crippen molar-refractivity contribution in [2.45, 2.75) is 0 Å². The number of hydrogen-bond acceptors (Lipinski definition) is 4. The van der Waals surface area contributed by atoms with Gasteiger partial charge >= 0.3 is 5.97 Å². The topological polar surface area (TPSA) is 98.0 Å². The zero-order chi connectivity index (χ0) is 14.7. The second-order valence-electron chi connectivity index (χ2n) is 4.15. The lowest BCUT2D eigenvalue weighted by molar-refractivity contribution is 0.0696. The summed E-state index contributed by atoms with van der Waals surface area (Å²) in [6.45, 7) is 0. The van der Waals surface area contributed by atoms with Crippen molar-refractivity contribution < 1.29 is 25.2 Å². The van der Waals surface area contributed by atoms with Crippen molar-refractivity contribution in [1.82, 2.24) is 0 Å². The van der Waals surface area contributed by atoms with Crippen LogP contribution >= 0.6 is 0 Å². The molecule has 0 radical (unpaired) electrons. The van der Waals surface area contributed by atoms with E-state index in [4.69, 9.17) is 5.11 Å². The van der Waals surface area contributed by atoms with E-state index in [1.54, 1.807) is 0 Å². The van der Waals surface area contributed by atoms with Crippen LogP contribution in [0.3, 0.4) is 0 Å². The summed E-state index contributed by atoms with van der Waals surface area (Å²) in [6, 6.07) is 8.00. The van der Waals surface area contributed by atoms with Gasteiger partial charge in [0.05, 0.1) is 5.56 Å². The van der Waals surface area contributed by atoms with E-state index in [9.17, 15) is 20.1 Å². The molecule has 0 aliphatic heterocycles. The van der Waals surface area contributed by atoms with Gasteiger partial charge in [-0.15, -0.1) is 0 Å². The maximum absolute atomic E-state index is 11.1. The van der Waals surface area contributed by atoms with Crippen molar-refractivity contribution >= 4 is 18.1 Å². The van der Waals surface area contributed by atoms with Gasteiger partial charge < -0.3 is 20.4 Å². The maximum Gasteiger partial charge on any atom is 0.336 e. The first-order valence-corrected chi connectivity index (χ1v) is 5.74. The Kier molecular flexibility index (Phi) is 3.61. The van der Waals surface area contributed by atoms with Crippen LogP contribution in [0.15, 0.2) is 36.4 Å². The predicted molar refractivity (Wildman–Crippen MR) is 73.8 cm³/mol. The fraction of sp³-hybridized carbons (Fsp3) is 0. The Morgan fingerprint density at radius 3 is 2.15 bits per heavy atom. The van der Waals surface area contributed by atoms with Gasteiger partial charge in [0.1, 0.15) is 17.2 Å². The number of aromatic hydroxyl groups is 3. The Morgan fingerprint density at radius 1 is 0.850 bits per heavy atom. The summed E-state index contributed by atoms with van der Waals surface area (Å²) in [5, 5.41) is 37.3. The van der Waals surface area contributed by atoms with Crippen molar-refractivity contribution in [2.75, 3.05) is 0 Å². The van der Waals surface area contributed by atoms with Crippen molar-refractivity contribution in [1.29, 1.82) is 0 Å². The lowest BCUT2D eigenvalue weighted by Gasteiger charge is -2.03. The van der Waals surface area contributed by atoms with Gasteiger partial charge in [0.15, 0.2) is 0 Å². The molecule has 4 N–H and O–H groups in total. The predicted octanol–water partition coefficient (Wildman–Crippen LogP) is 2.67. The summed E-state index contributed by atoms with van der Waals surface area (Å²) in [6.07, 6.45) is 2.96. The van der Waals surface area contributed by atoms with Crippen LogP contribution in [-0.4, -0.2) is 26.4 Å². The standard InChI is InChI=1S/C15H12O5/c16-11-5-6-14(18)10(7-11)2-1-9-3-4-12(17)8-13(9)15(19)20/h1-8,16-18H,(H,19,20). The first-order chi connectivity index (χ1) is 9.47. The number of benzene rings is 2. The minimum atomic E-state index is -1.17. The highest BCUT2D eigenvalue weighted by Crippen LogP contribution is 2.25. The highest BCUT2D eigenvalue weighted by Gasteiger charge is 2.09. The number of carbonyl (C=O) groups is 1. The van der Waals surface area contributed by atoms with Gasteiger partial charge in [0.2, 0.25) is 0 Å². The first kappa shape index (κ1) is 13.5. The fourth-order valence-corrected chi connectivity index (χ4v) is 1.73. The number of carboxylic acids is 1. The zero-order valence-corrected chi connectivity index (χ0v) is 10.3. The van der Waals surface area contributed by atoms with Crippen LogP contribution in [0.4, 0.5) is 0 Å². The quantitative estimate of drug-likeness (QED) is 0.508. The maximum atomic E-state index is 11.1. The third kappa shape index (κ3) is 2.89. The number of rotatable bonds is 3. The monoisotopic (exact) mass is 272 g/mol. The Hall–Kier alpha value is -2.95. The molecule has 0 atom stereocenters. The molecule has 2 aromatic carbocycles. The van der Waals surface area contributed by atoms with E-state index in [0.717, 1.165) is 6.07 Å². The van der Waals surface area contributed by atoms with E-state index in [-0.39, 0.29) is 22.8 Å². The van der Waals surface area contributed by atoms with E-state index in [1.165, 1.54) is 42.5 Å². The van der Waals surface area contributed by atoms with Crippen LogP contribution < -0.4 is 0 Å². The molecule has 102 valence electrons. The van der Waals surface area contributed by atoms with Crippen LogP contribution in [0.2, 0.25) is 0 Å². The SMILES string of the molecule is O=C(O)c1cc(O)ccc1C=Cc1cc(O)ccc1O. The molecule has 0 saturated heterocycles. The third-order valence-corrected chi connectivity index (χ3v) is 2.72. The van der Waals surface area contributed by atoms with E-state index < -0.39 is 5.97 Å². The van der Waals surface area contributed by atoms with E-state index in [1.807, 2.05) is 0 Å². The minimum Gasteiger partial charge on any atom is -0.508 e. The summed E-state index contributed by atoms with van der Waals surface area (Å²) >= 11 is 0. The van der Waals surface area contributed by atoms with Gasteiger partial charge in [-0.05, 0) is 35.9 Å². The second-order valence-corrected chi connectivity index (χ2v) is 4.15. The van der Waals surface area contributed by atoms with E-state index >= 15 is 0 Å². The van der Waals surface area contributed by atoms with Gasteiger partial charge in [0, 0.05) is 5.56 Å². The molecule has 0 bridgehead atoms. The Bertz CT molecular complexity index is 689. The zero-order valence-electron chi connectivity index (χ0n) is 10.3. The molecule has 0 saturated carbocycles. The summed E-state index contributed by atoms with van der Waals surface area (Å²) < 4.78 is 0. The summed E-state index contributed by atoms with van der Waals surface area (Å²) in [5.74, 6) is -1.35. The van der Waals surface area contributed by atoms with Crippen LogP contribution in [0.25, 0.3) is 12.2 Å². The number of phenolic OH excluding ortho intramolecular Hbond substituents is 3. The molecule has 0 spiro atoms. The molecule has 0 fully saturated rings. The van der Waals surface area contributed by atoms with E-state index in [2.05, 4.69) is 0 Å². The Balaban J connectivity index is 2.41. The molecule has 2 aromatic rings. The highest BCUT2D eigenvalue weighted by atomic mass is 16.4. The van der Waals surface area contributed by atoms with Crippen molar-refractivity contribution in [3.8, 4) is 17.2 Å². The van der Waals surface area contributed by atoms with Crippen LogP contribution in [-0.2, 0) is 0 Å². The van der Waals surface area contributed by atoms with Crippen LogP contribution in [0.1, 0.15) is 21.5 Å². The normalized spacial score (nSPS) is 10.8. The Morgan fingerprint density at radius 2 is 1.45 bits per heavy atom. The number of hydrogen-bond donors (Lipinski definition) is 4. The molecular formula is C15H12O5. The molecule has 0 heterocycles. The summed E-state index contributed by atoms with van der Waals surface area (Å²) in [7, 11) is 0. The lowest BCUT2D eigenvalue weighted by atomic mass is 10.0. The minimum absolute atomic E-state index is 0.00776. The largest absolute Gasteiger partial charge is 0.508 e. The molecule has 0 aliphatic rings. The van der Waals surface area contributed by atoms with E-state index in [0.29, 0.717) is 11.1 Å². The molecular weight excluding hydrogens is 260 g/mol. The molecule has 0 aliphatic carbocycles. The second kappa shape index (κ2) is 5.36. The molecule has 0 aromatic heterocycles. The fourth-order valence-electron chi connectivity index (χ4n) is 1.73.